The van der Waals surface area contributed by atoms with E-state index in [1.54, 1.807) is 18.2 Å². The summed E-state index contributed by atoms with van der Waals surface area (Å²) in [6.45, 7) is -0.151. The number of halogens is 2. The van der Waals surface area contributed by atoms with Crippen molar-refractivity contribution in [2.45, 2.75) is 23.9 Å². The molecule has 0 aliphatic heterocycles. The van der Waals surface area contributed by atoms with Crippen LogP contribution in [-0.4, -0.2) is 20.2 Å². The summed E-state index contributed by atoms with van der Waals surface area (Å²) < 4.78 is 0. The van der Waals surface area contributed by atoms with Crippen molar-refractivity contribution in [3.8, 4) is 0 Å². The number of hydrogen-bond donors (Lipinski definition) is 2. The normalized spacial score (nSPS) is 9.80. The Kier molecular flexibility index (Phi) is 8.60. The van der Waals surface area contributed by atoms with E-state index in [0.717, 1.165) is 22.0 Å². The summed E-state index contributed by atoms with van der Waals surface area (Å²) in [6.07, 6.45) is 0. The van der Waals surface area contributed by atoms with Crippen LogP contribution in [0.4, 0.5) is 0 Å². The zero-order chi connectivity index (χ0) is 14.8. The van der Waals surface area contributed by atoms with Gasteiger partial charge in [0.1, 0.15) is 0 Å². The van der Waals surface area contributed by atoms with Crippen LogP contribution < -0.4 is 0 Å². The van der Waals surface area contributed by atoms with Crippen LogP contribution in [0.5, 0.6) is 0 Å². The third-order valence-corrected chi connectivity index (χ3v) is 3.48. The van der Waals surface area contributed by atoms with Crippen LogP contribution >= 0.6 is 31.9 Å². The van der Waals surface area contributed by atoms with Gasteiger partial charge in [0.05, 0.1) is 36.0 Å². The number of rotatable bonds is 4. The van der Waals surface area contributed by atoms with Gasteiger partial charge in [0.15, 0.2) is 0 Å². The fraction of sp³-hybridized carbons (Fsp3) is 0.286. The zero-order valence-corrected chi connectivity index (χ0v) is 14.0. The smallest absolute Gasteiger partial charge is 0.0853 e. The van der Waals surface area contributed by atoms with Crippen molar-refractivity contribution >= 4 is 31.9 Å². The van der Waals surface area contributed by atoms with Crippen molar-refractivity contribution in [3.05, 3.63) is 59.2 Å². The van der Waals surface area contributed by atoms with Crippen molar-refractivity contribution in [1.29, 1.82) is 0 Å². The van der Waals surface area contributed by atoms with Gasteiger partial charge in [-0.25, -0.2) is 0 Å². The van der Waals surface area contributed by atoms with Crippen LogP contribution in [0.25, 0.3) is 0 Å². The van der Waals surface area contributed by atoms with E-state index in [1.807, 2.05) is 18.2 Å². The molecule has 6 heteroatoms. The summed E-state index contributed by atoms with van der Waals surface area (Å²) in [5.41, 5.74) is 3.34. The number of alkyl halides is 2. The molecule has 4 nitrogen and oxygen atoms in total. The Balaban J connectivity index is 0.000000200. The summed E-state index contributed by atoms with van der Waals surface area (Å²) in [5, 5.41) is 18.9. The van der Waals surface area contributed by atoms with E-state index >= 15 is 0 Å². The first-order valence-corrected chi connectivity index (χ1v) is 8.21. The van der Waals surface area contributed by atoms with E-state index in [2.05, 4.69) is 41.8 Å². The van der Waals surface area contributed by atoms with Gasteiger partial charge in [-0.05, 0) is 24.3 Å². The molecule has 0 fully saturated rings. The maximum absolute atomic E-state index is 8.61. The number of aliphatic hydroxyl groups is 2. The van der Waals surface area contributed by atoms with Crippen LogP contribution in [-0.2, 0) is 23.9 Å². The van der Waals surface area contributed by atoms with Gasteiger partial charge in [-0.2, -0.15) is 0 Å². The summed E-state index contributed by atoms with van der Waals surface area (Å²) in [4.78, 5) is 8.23. The SMILES string of the molecule is BrCc1cccc(CBr)n1.OCc1cccc(CO)n1. The lowest BCUT2D eigenvalue weighted by Crippen LogP contribution is -1.93. The van der Waals surface area contributed by atoms with Gasteiger partial charge in [-0.3, -0.25) is 9.97 Å². The van der Waals surface area contributed by atoms with Gasteiger partial charge in [0.25, 0.3) is 0 Å². The predicted molar refractivity (Wildman–Crippen MR) is 85.6 cm³/mol. The molecule has 0 bridgehead atoms. The number of aromatic nitrogens is 2. The summed E-state index contributed by atoms with van der Waals surface area (Å²) in [7, 11) is 0. The van der Waals surface area contributed by atoms with E-state index in [0.29, 0.717) is 11.4 Å². The molecule has 0 atom stereocenters. The Morgan fingerprint density at radius 3 is 1.40 bits per heavy atom. The highest BCUT2D eigenvalue weighted by molar-refractivity contribution is 9.08. The average molecular weight is 404 g/mol. The number of pyridine rings is 2. The topological polar surface area (TPSA) is 66.2 Å². The van der Waals surface area contributed by atoms with Crippen LogP contribution in [0.1, 0.15) is 22.8 Å². The second-order valence-electron chi connectivity index (χ2n) is 3.82. The Morgan fingerprint density at radius 1 is 0.700 bits per heavy atom. The van der Waals surface area contributed by atoms with Gasteiger partial charge in [-0.15, -0.1) is 0 Å². The third-order valence-electron chi connectivity index (χ3n) is 2.33. The monoisotopic (exact) mass is 402 g/mol. The largest absolute Gasteiger partial charge is 0.390 e. The molecule has 0 radical (unpaired) electrons. The zero-order valence-electron chi connectivity index (χ0n) is 10.8. The Hall–Kier alpha value is -0.820. The Bertz CT molecular complexity index is 438. The van der Waals surface area contributed by atoms with Crippen LogP contribution in [0, 0.1) is 0 Å². The van der Waals surface area contributed by atoms with Crippen LogP contribution in [0.2, 0.25) is 0 Å². The van der Waals surface area contributed by atoms with E-state index < -0.39 is 0 Å². The maximum Gasteiger partial charge on any atom is 0.0853 e. The van der Waals surface area contributed by atoms with Crippen molar-refractivity contribution in [2.75, 3.05) is 0 Å². The standard InChI is InChI=1S/C7H7Br2N.C7H9NO2/c8-4-6-2-1-3-7(5-9)10-6;9-4-6-2-1-3-7(5-10)8-6/h1-3H,4-5H2;1-3,9-10H,4-5H2. The quantitative estimate of drug-likeness (QED) is 0.770. The highest BCUT2D eigenvalue weighted by atomic mass is 79.9. The molecule has 0 saturated heterocycles. The molecular formula is C14H16Br2N2O2. The van der Waals surface area contributed by atoms with Crippen molar-refractivity contribution in [1.82, 2.24) is 9.97 Å². The summed E-state index contributed by atoms with van der Waals surface area (Å²) in [6, 6.07) is 11.2. The van der Waals surface area contributed by atoms with Gasteiger partial charge >= 0.3 is 0 Å². The Morgan fingerprint density at radius 2 is 1.05 bits per heavy atom. The van der Waals surface area contributed by atoms with Gasteiger partial charge < -0.3 is 10.2 Å². The number of nitrogens with zero attached hydrogens (tertiary/aromatic N) is 2. The second-order valence-corrected chi connectivity index (χ2v) is 4.95. The molecule has 2 aromatic heterocycles. The fourth-order valence-electron chi connectivity index (χ4n) is 1.38. The predicted octanol–water partition coefficient (Wildman–Crippen LogP) is 2.94. The molecule has 2 rings (SSSR count). The molecule has 2 aromatic rings. The molecule has 20 heavy (non-hydrogen) atoms. The fourth-order valence-corrected chi connectivity index (χ4v) is 2.01. The first-order valence-electron chi connectivity index (χ1n) is 5.96. The average Bonchev–Trinajstić information content (AvgIpc) is 2.55. The highest BCUT2D eigenvalue weighted by Gasteiger charge is 1.93. The first-order chi connectivity index (χ1) is 9.73. The molecule has 0 unspecified atom stereocenters. The minimum absolute atomic E-state index is 0.0756. The summed E-state index contributed by atoms with van der Waals surface area (Å²) >= 11 is 6.69. The summed E-state index contributed by atoms with van der Waals surface area (Å²) in [5.74, 6) is 0. The molecule has 0 saturated carbocycles. The van der Waals surface area contributed by atoms with E-state index in [-0.39, 0.29) is 13.2 Å². The minimum Gasteiger partial charge on any atom is -0.390 e. The first kappa shape index (κ1) is 17.2. The maximum atomic E-state index is 8.61. The molecule has 2 N–H and O–H groups in total. The Labute approximate surface area is 135 Å². The van der Waals surface area contributed by atoms with Gasteiger partial charge in [-0.1, -0.05) is 44.0 Å². The molecule has 0 aromatic carbocycles. The van der Waals surface area contributed by atoms with Crippen molar-refractivity contribution in [3.63, 3.8) is 0 Å². The molecule has 0 aliphatic rings. The van der Waals surface area contributed by atoms with Crippen molar-refractivity contribution in [2.24, 2.45) is 0 Å². The number of aliphatic hydroxyl groups excluding tert-OH is 2. The lowest BCUT2D eigenvalue weighted by molar-refractivity contribution is 0.265. The second kappa shape index (κ2) is 9.99. The van der Waals surface area contributed by atoms with Gasteiger partial charge in [0.2, 0.25) is 0 Å². The van der Waals surface area contributed by atoms with E-state index in [9.17, 15) is 0 Å². The lowest BCUT2D eigenvalue weighted by atomic mass is 10.3. The molecule has 2 heterocycles. The molecule has 108 valence electrons. The van der Waals surface area contributed by atoms with Crippen LogP contribution in [0.15, 0.2) is 36.4 Å². The molecule has 0 aliphatic carbocycles. The minimum atomic E-state index is -0.0756. The van der Waals surface area contributed by atoms with Gasteiger partial charge in [0, 0.05) is 10.7 Å². The van der Waals surface area contributed by atoms with E-state index in [4.69, 9.17) is 10.2 Å². The molecule has 0 spiro atoms. The van der Waals surface area contributed by atoms with Crippen LogP contribution in [0.3, 0.4) is 0 Å². The highest BCUT2D eigenvalue weighted by Crippen LogP contribution is 2.06. The van der Waals surface area contributed by atoms with Crippen molar-refractivity contribution < 1.29 is 10.2 Å². The molecular weight excluding hydrogens is 388 g/mol. The number of hydrogen-bond acceptors (Lipinski definition) is 4. The van der Waals surface area contributed by atoms with E-state index in [1.165, 1.54) is 0 Å². The molecule has 0 amide bonds. The lowest BCUT2D eigenvalue weighted by Gasteiger charge is -1.96. The third kappa shape index (κ3) is 6.09.